The standard InChI is InChI=1S/C12H23NO10/c13-5-10(7(17)4(2-15)21-11(5)20)23-12-9(19)8(18)6(16)3(1-14)22-12/h3-12,14-20H,1-2,13H2/t3-,4-,5-,6+,7-,8+,9-,10-,11+,12+/m1/s1. The lowest BCUT2D eigenvalue weighted by atomic mass is 9.96. The van der Waals surface area contributed by atoms with Gasteiger partial charge in [-0.3, -0.25) is 0 Å². The van der Waals surface area contributed by atoms with Crippen LogP contribution in [0.4, 0.5) is 0 Å². The van der Waals surface area contributed by atoms with Gasteiger partial charge < -0.3 is 55.7 Å². The molecule has 2 rings (SSSR count). The highest BCUT2D eigenvalue weighted by Gasteiger charge is 2.49. The Morgan fingerprint density at radius 2 is 1.35 bits per heavy atom. The molecule has 11 heteroatoms. The lowest BCUT2D eigenvalue weighted by Gasteiger charge is -2.45. The summed E-state index contributed by atoms with van der Waals surface area (Å²) in [5.41, 5.74) is 5.68. The predicted molar refractivity (Wildman–Crippen MR) is 70.6 cm³/mol. The van der Waals surface area contributed by atoms with Crippen LogP contribution in [0.2, 0.25) is 0 Å². The van der Waals surface area contributed by atoms with Crippen LogP contribution in [-0.4, -0.2) is 110 Å². The van der Waals surface area contributed by atoms with E-state index in [9.17, 15) is 25.5 Å². The SMILES string of the molecule is N[C@@H]1[C@@H](O[C@@H]2O[C@H](CO)[C@H](O)[C@H](O)[C@H]2O)[C@H](O)[C@@H](CO)O[C@@H]1O. The van der Waals surface area contributed by atoms with E-state index in [0.717, 1.165) is 0 Å². The van der Waals surface area contributed by atoms with Crippen molar-refractivity contribution >= 4 is 0 Å². The number of rotatable bonds is 4. The Morgan fingerprint density at radius 3 is 1.91 bits per heavy atom. The fourth-order valence-corrected chi connectivity index (χ4v) is 2.61. The average Bonchev–Trinajstić information content (AvgIpc) is 2.54. The van der Waals surface area contributed by atoms with E-state index in [-0.39, 0.29) is 0 Å². The fourth-order valence-electron chi connectivity index (χ4n) is 2.61. The number of aliphatic hydroxyl groups excluding tert-OH is 7. The molecule has 0 unspecified atom stereocenters. The lowest BCUT2D eigenvalue weighted by molar-refractivity contribution is -0.340. The molecular formula is C12H23NO10. The molecule has 0 saturated carbocycles. The Bertz CT molecular complexity index is 385. The van der Waals surface area contributed by atoms with Crippen LogP contribution < -0.4 is 5.73 Å². The van der Waals surface area contributed by atoms with Crippen LogP contribution in [0.1, 0.15) is 0 Å². The smallest absolute Gasteiger partial charge is 0.187 e. The highest BCUT2D eigenvalue weighted by molar-refractivity contribution is 4.95. The van der Waals surface area contributed by atoms with Gasteiger partial charge >= 0.3 is 0 Å². The number of nitrogens with two attached hydrogens (primary N) is 1. The molecule has 9 N–H and O–H groups in total. The van der Waals surface area contributed by atoms with Crippen molar-refractivity contribution in [2.75, 3.05) is 13.2 Å². The minimum atomic E-state index is -1.68. The molecule has 0 bridgehead atoms. The van der Waals surface area contributed by atoms with E-state index < -0.39 is 74.6 Å². The Labute approximate surface area is 131 Å². The summed E-state index contributed by atoms with van der Waals surface area (Å²) in [6, 6.07) is -1.22. The largest absolute Gasteiger partial charge is 0.394 e. The van der Waals surface area contributed by atoms with E-state index in [4.69, 9.17) is 30.2 Å². The van der Waals surface area contributed by atoms with Gasteiger partial charge in [0, 0.05) is 0 Å². The van der Waals surface area contributed by atoms with E-state index >= 15 is 0 Å². The molecule has 0 aromatic rings. The molecule has 10 atom stereocenters. The molecule has 0 aromatic heterocycles. The van der Waals surface area contributed by atoms with Crippen molar-refractivity contribution in [2.24, 2.45) is 5.73 Å². The summed E-state index contributed by atoms with van der Waals surface area (Å²) >= 11 is 0. The minimum Gasteiger partial charge on any atom is -0.394 e. The molecule has 2 fully saturated rings. The first-order valence-electron chi connectivity index (χ1n) is 7.15. The van der Waals surface area contributed by atoms with E-state index in [1.165, 1.54) is 0 Å². The molecule has 2 aliphatic rings. The second kappa shape index (κ2) is 7.63. The summed E-state index contributed by atoms with van der Waals surface area (Å²) in [5.74, 6) is 0. The predicted octanol–water partition coefficient (Wildman–Crippen LogP) is -5.43. The third-order valence-electron chi connectivity index (χ3n) is 4.06. The maximum Gasteiger partial charge on any atom is 0.187 e. The molecular weight excluding hydrogens is 318 g/mol. The maximum absolute atomic E-state index is 10.1. The molecule has 2 aliphatic heterocycles. The van der Waals surface area contributed by atoms with Crippen LogP contribution in [-0.2, 0) is 14.2 Å². The number of hydrogen-bond acceptors (Lipinski definition) is 11. The van der Waals surface area contributed by atoms with Crippen LogP contribution >= 0.6 is 0 Å². The number of hydrogen-bond donors (Lipinski definition) is 8. The van der Waals surface area contributed by atoms with Gasteiger partial charge in [0.05, 0.1) is 19.3 Å². The van der Waals surface area contributed by atoms with Crippen LogP contribution in [0.25, 0.3) is 0 Å². The fraction of sp³-hybridized carbons (Fsp3) is 1.00. The van der Waals surface area contributed by atoms with Gasteiger partial charge in [-0.15, -0.1) is 0 Å². The molecule has 0 amide bonds. The molecule has 0 radical (unpaired) electrons. The number of aliphatic hydroxyl groups is 7. The van der Waals surface area contributed by atoms with Crippen LogP contribution in [0.5, 0.6) is 0 Å². The van der Waals surface area contributed by atoms with Crippen molar-refractivity contribution in [2.45, 2.75) is 61.3 Å². The highest BCUT2D eigenvalue weighted by Crippen LogP contribution is 2.27. The molecule has 136 valence electrons. The van der Waals surface area contributed by atoms with Crippen molar-refractivity contribution < 1.29 is 50.0 Å². The minimum absolute atomic E-state index is 0.612. The van der Waals surface area contributed by atoms with E-state index in [1.807, 2.05) is 0 Å². The van der Waals surface area contributed by atoms with Crippen LogP contribution in [0.3, 0.4) is 0 Å². The summed E-state index contributed by atoms with van der Waals surface area (Å²) in [6.07, 6.45) is -13.0. The quantitative estimate of drug-likeness (QED) is 0.243. The Balaban J connectivity index is 2.11. The Morgan fingerprint density at radius 1 is 0.783 bits per heavy atom. The Hall–Kier alpha value is -0.440. The van der Waals surface area contributed by atoms with Gasteiger partial charge in [-0.05, 0) is 0 Å². The summed E-state index contributed by atoms with van der Waals surface area (Å²) in [5, 5.41) is 67.3. The van der Waals surface area contributed by atoms with Gasteiger partial charge in [-0.25, -0.2) is 0 Å². The third-order valence-corrected chi connectivity index (χ3v) is 4.06. The van der Waals surface area contributed by atoms with Crippen molar-refractivity contribution in [3.8, 4) is 0 Å². The molecule has 0 aliphatic carbocycles. The van der Waals surface area contributed by atoms with Crippen molar-refractivity contribution in [1.82, 2.24) is 0 Å². The zero-order valence-electron chi connectivity index (χ0n) is 12.1. The van der Waals surface area contributed by atoms with Crippen LogP contribution in [0, 0.1) is 0 Å². The third kappa shape index (κ3) is 3.65. The van der Waals surface area contributed by atoms with Gasteiger partial charge in [-0.2, -0.15) is 0 Å². The van der Waals surface area contributed by atoms with Gasteiger partial charge in [0.1, 0.15) is 42.7 Å². The second-order valence-corrected chi connectivity index (χ2v) is 5.61. The van der Waals surface area contributed by atoms with Gasteiger partial charge in [-0.1, -0.05) is 0 Å². The van der Waals surface area contributed by atoms with Crippen LogP contribution in [0.15, 0.2) is 0 Å². The van der Waals surface area contributed by atoms with E-state index in [1.54, 1.807) is 0 Å². The van der Waals surface area contributed by atoms with Crippen molar-refractivity contribution in [1.29, 1.82) is 0 Å². The van der Waals surface area contributed by atoms with E-state index in [0.29, 0.717) is 0 Å². The first kappa shape index (κ1) is 18.9. The first-order valence-corrected chi connectivity index (χ1v) is 7.15. The summed E-state index contributed by atoms with van der Waals surface area (Å²) in [6.45, 7) is -1.26. The molecule has 2 heterocycles. The average molecular weight is 341 g/mol. The topological polar surface area (TPSA) is 195 Å². The summed E-state index contributed by atoms with van der Waals surface area (Å²) in [4.78, 5) is 0. The lowest BCUT2D eigenvalue weighted by Crippen LogP contribution is -2.66. The summed E-state index contributed by atoms with van der Waals surface area (Å²) in [7, 11) is 0. The first-order chi connectivity index (χ1) is 10.8. The second-order valence-electron chi connectivity index (χ2n) is 5.61. The van der Waals surface area contributed by atoms with Crippen molar-refractivity contribution in [3.05, 3.63) is 0 Å². The zero-order valence-corrected chi connectivity index (χ0v) is 12.1. The zero-order chi connectivity index (χ0) is 17.3. The van der Waals surface area contributed by atoms with Gasteiger partial charge in [0.25, 0.3) is 0 Å². The van der Waals surface area contributed by atoms with Crippen molar-refractivity contribution in [3.63, 3.8) is 0 Å². The number of ether oxygens (including phenoxy) is 3. The Kier molecular flexibility index (Phi) is 6.27. The molecule has 23 heavy (non-hydrogen) atoms. The molecule has 0 aromatic carbocycles. The highest BCUT2D eigenvalue weighted by atomic mass is 16.7. The maximum atomic E-state index is 10.1. The molecule has 2 saturated heterocycles. The monoisotopic (exact) mass is 341 g/mol. The van der Waals surface area contributed by atoms with E-state index in [2.05, 4.69) is 0 Å². The molecule has 11 nitrogen and oxygen atoms in total. The van der Waals surface area contributed by atoms with Gasteiger partial charge in [0.2, 0.25) is 0 Å². The normalized spacial score (nSPS) is 51.7. The van der Waals surface area contributed by atoms with Gasteiger partial charge in [0.15, 0.2) is 12.6 Å². The molecule has 0 spiro atoms. The summed E-state index contributed by atoms with van der Waals surface area (Å²) < 4.78 is 15.4.